The Bertz CT molecular complexity index is 439. The molecule has 2 atom stereocenters. The summed E-state index contributed by atoms with van der Waals surface area (Å²) in [6.45, 7) is 4.88. The zero-order valence-corrected chi connectivity index (χ0v) is 12.3. The van der Waals surface area contributed by atoms with Crippen LogP contribution in [0.3, 0.4) is 0 Å². The van der Waals surface area contributed by atoms with Gasteiger partial charge in [-0.2, -0.15) is 0 Å². The Morgan fingerprint density at radius 3 is 3.11 bits per heavy atom. The molecular formula is C12H22N4O2S. The first-order valence-electron chi connectivity index (χ1n) is 6.77. The van der Waals surface area contributed by atoms with Gasteiger partial charge < -0.3 is 10.1 Å². The van der Waals surface area contributed by atoms with Gasteiger partial charge in [0.2, 0.25) is 0 Å². The van der Waals surface area contributed by atoms with Crippen LogP contribution in [-0.4, -0.2) is 46.3 Å². The van der Waals surface area contributed by atoms with Gasteiger partial charge in [-0.25, -0.2) is 9.89 Å². The number of nitrogens with one attached hydrogen (secondary N) is 2. The van der Waals surface area contributed by atoms with Crippen LogP contribution in [-0.2, 0) is 11.8 Å². The molecule has 1 aromatic heterocycles. The van der Waals surface area contributed by atoms with E-state index in [1.807, 2.05) is 0 Å². The molecule has 19 heavy (non-hydrogen) atoms. The third-order valence-corrected chi connectivity index (χ3v) is 4.57. The maximum Gasteiger partial charge on any atom is 0.343 e. The number of thioether (sulfide) groups is 1. The normalized spacial score (nSPS) is 20.8. The number of aromatic amines is 1. The SMILES string of the molecule is CCCNC(CSc1n[nH]c(=O)n1C)C1CCOC1. The molecule has 2 unspecified atom stereocenters. The molecule has 7 heteroatoms. The summed E-state index contributed by atoms with van der Waals surface area (Å²) in [5.74, 6) is 1.47. The Morgan fingerprint density at radius 1 is 1.68 bits per heavy atom. The van der Waals surface area contributed by atoms with Gasteiger partial charge in [-0.1, -0.05) is 18.7 Å². The van der Waals surface area contributed by atoms with Crippen molar-refractivity contribution in [1.82, 2.24) is 20.1 Å². The number of nitrogens with zero attached hydrogens (tertiary/aromatic N) is 2. The minimum absolute atomic E-state index is 0.162. The predicted molar refractivity (Wildman–Crippen MR) is 75.6 cm³/mol. The summed E-state index contributed by atoms with van der Waals surface area (Å²) in [7, 11) is 1.74. The zero-order chi connectivity index (χ0) is 13.7. The molecule has 1 aliphatic rings. The number of hydrogen-bond acceptors (Lipinski definition) is 5. The number of H-pyrrole nitrogens is 1. The van der Waals surface area contributed by atoms with E-state index in [1.54, 1.807) is 23.4 Å². The summed E-state index contributed by atoms with van der Waals surface area (Å²) in [5.41, 5.74) is -0.162. The number of ether oxygens (including phenoxy) is 1. The molecule has 0 aliphatic carbocycles. The predicted octanol–water partition coefficient (Wildman–Crippen LogP) is 0.605. The van der Waals surface area contributed by atoms with Crippen molar-refractivity contribution in [3.63, 3.8) is 0 Å². The fourth-order valence-corrected chi connectivity index (χ4v) is 3.29. The van der Waals surface area contributed by atoms with Crippen molar-refractivity contribution < 1.29 is 4.74 Å². The van der Waals surface area contributed by atoms with E-state index in [9.17, 15) is 4.79 Å². The largest absolute Gasteiger partial charge is 0.381 e. The smallest absolute Gasteiger partial charge is 0.343 e. The average molecular weight is 286 g/mol. The molecule has 1 saturated heterocycles. The number of hydrogen-bond donors (Lipinski definition) is 2. The van der Waals surface area contributed by atoms with Crippen LogP contribution in [0.1, 0.15) is 19.8 Å². The van der Waals surface area contributed by atoms with Crippen molar-refractivity contribution in [2.75, 3.05) is 25.5 Å². The molecule has 1 aliphatic heterocycles. The molecule has 1 aromatic rings. The second-order valence-electron chi connectivity index (χ2n) is 4.87. The maximum atomic E-state index is 11.3. The van der Waals surface area contributed by atoms with Crippen LogP contribution in [0.25, 0.3) is 0 Å². The van der Waals surface area contributed by atoms with Gasteiger partial charge in [-0.3, -0.25) is 4.57 Å². The summed E-state index contributed by atoms with van der Waals surface area (Å²) < 4.78 is 7.02. The summed E-state index contributed by atoms with van der Waals surface area (Å²) >= 11 is 1.62. The standard InChI is InChI=1S/C12H22N4O2S/c1-3-5-13-10(9-4-6-18-7-9)8-19-12-15-14-11(17)16(12)2/h9-10,13H,3-8H2,1-2H3,(H,14,17). The fraction of sp³-hybridized carbons (Fsp3) is 0.833. The molecule has 0 spiro atoms. The van der Waals surface area contributed by atoms with Crippen LogP contribution < -0.4 is 11.0 Å². The van der Waals surface area contributed by atoms with Gasteiger partial charge in [-0.15, -0.1) is 5.10 Å². The van der Waals surface area contributed by atoms with Crippen LogP contribution >= 0.6 is 11.8 Å². The highest BCUT2D eigenvalue weighted by Crippen LogP contribution is 2.22. The quantitative estimate of drug-likeness (QED) is 0.718. The summed E-state index contributed by atoms with van der Waals surface area (Å²) in [6, 6.07) is 0.416. The summed E-state index contributed by atoms with van der Waals surface area (Å²) in [4.78, 5) is 11.3. The van der Waals surface area contributed by atoms with Gasteiger partial charge in [0.15, 0.2) is 5.16 Å². The molecule has 108 valence electrons. The lowest BCUT2D eigenvalue weighted by molar-refractivity contribution is 0.179. The third-order valence-electron chi connectivity index (χ3n) is 3.42. The molecule has 2 heterocycles. The molecular weight excluding hydrogens is 264 g/mol. The monoisotopic (exact) mass is 286 g/mol. The van der Waals surface area contributed by atoms with E-state index >= 15 is 0 Å². The minimum atomic E-state index is -0.162. The van der Waals surface area contributed by atoms with E-state index in [2.05, 4.69) is 22.4 Å². The van der Waals surface area contributed by atoms with Crippen molar-refractivity contribution in [3.05, 3.63) is 10.5 Å². The number of aromatic nitrogens is 3. The average Bonchev–Trinajstić information content (AvgIpc) is 3.03. The van der Waals surface area contributed by atoms with Gasteiger partial charge in [0, 0.05) is 31.4 Å². The van der Waals surface area contributed by atoms with Gasteiger partial charge in [0.25, 0.3) is 0 Å². The summed E-state index contributed by atoms with van der Waals surface area (Å²) in [5, 5.41) is 10.8. The minimum Gasteiger partial charge on any atom is -0.381 e. The maximum absolute atomic E-state index is 11.3. The fourth-order valence-electron chi connectivity index (χ4n) is 2.19. The van der Waals surface area contributed by atoms with Gasteiger partial charge >= 0.3 is 5.69 Å². The lowest BCUT2D eigenvalue weighted by Gasteiger charge is -2.23. The van der Waals surface area contributed by atoms with Gasteiger partial charge in [0.05, 0.1) is 6.61 Å². The molecule has 2 N–H and O–H groups in total. The molecule has 1 fully saturated rings. The van der Waals surface area contributed by atoms with Gasteiger partial charge in [-0.05, 0) is 19.4 Å². The van der Waals surface area contributed by atoms with Crippen molar-refractivity contribution >= 4 is 11.8 Å². The molecule has 2 rings (SSSR count). The molecule has 6 nitrogen and oxygen atoms in total. The molecule has 0 radical (unpaired) electrons. The Balaban J connectivity index is 1.91. The second-order valence-corrected chi connectivity index (χ2v) is 5.85. The Labute approximate surface area is 117 Å². The van der Waals surface area contributed by atoms with Crippen LogP contribution in [0.4, 0.5) is 0 Å². The van der Waals surface area contributed by atoms with Crippen LogP contribution in [0.5, 0.6) is 0 Å². The topological polar surface area (TPSA) is 71.9 Å². The van der Waals surface area contributed by atoms with Gasteiger partial charge in [0.1, 0.15) is 0 Å². The van der Waals surface area contributed by atoms with Crippen LogP contribution in [0, 0.1) is 5.92 Å². The lowest BCUT2D eigenvalue weighted by atomic mass is 10.0. The van der Waals surface area contributed by atoms with E-state index < -0.39 is 0 Å². The molecule has 0 bridgehead atoms. The highest BCUT2D eigenvalue weighted by molar-refractivity contribution is 7.99. The van der Waals surface area contributed by atoms with Crippen molar-refractivity contribution in [3.8, 4) is 0 Å². The van der Waals surface area contributed by atoms with E-state index in [0.717, 1.165) is 43.5 Å². The Kier molecular flexibility index (Phi) is 5.47. The van der Waals surface area contributed by atoms with Crippen molar-refractivity contribution in [2.24, 2.45) is 13.0 Å². The Morgan fingerprint density at radius 2 is 2.53 bits per heavy atom. The van der Waals surface area contributed by atoms with E-state index in [1.165, 1.54) is 0 Å². The summed E-state index contributed by atoms with van der Waals surface area (Å²) in [6.07, 6.45) is 2.23. The van der Waals surface area contributed by atoms with Crippen molar-refractivity contribution in [1.29, 1.82) is 0 Å². The first-order valence-corrected chi connectivity index (χ1v) is 7.76. The Hall–Kier alpha value is -0.790. The zero-order valence-electron chi connectivity index (χ0n) is 11.5. The number of rotatable bonds is 7. The molecule has 0 aromatic carbocycles. The second kappa shape index (κ2) is 7.12. The third kappa shape index (κ3) is 3.84. The van der Waals surface area contributed by atoms with Crippen molar-refractivity contribution in [2.45, 2.75) is 31.0 Å². The van der Waals surface area contributed by atoms with E-state index in [4.69, 9.17) is 4.74 Å². The van der Waals surface area contributed by atoms with Crippen LogP contribution in [0.2, 0.25) is 0 Å². The van der Waals surface area contributed by atoms with E-state index in [-0.39, 0.29) is 5.69 Å². The first-order chi connectivity index (χ1) is 9.22. The van der Waals surface area contributed by atoms with E-state index in [0.29, 0.717) is 12.0 Å². The lowest BCUT2D eigenvalue weighted by Crippen LogP contribution is -2.39. The highest BCUT2D eigenvalue weighted by atomic mass is 32.2. The highest BCUT2D eigenvalue weighted by Gasteiger charge is 2.25. The molecule has 0 saturated carbocycles. The molecule has 0 amide bonds. The van der Waals surface area contributed by atoms with Crippen LogP contribution in [0.15, 0.2) is 9.95 Å². The first kappa shape index (κ1) is 14.6.